The van der Waals surface area contributed by atoms with Crippen LogP contribution in [0.2, 0.25) is 0 Å². The van der Waals surface area contributed by atoms with Crippen LogP contribution in [0.4, 0.5) is 4.39 Å². The van der Waals surface area contributed by atoms with Crippen molar-refractivity contribution in [3.63, 3.8) is 0 Å². The molecule has 1 aromatic carbocycles. The van der Waals surface area contributed by atoms with E-state index in [0.29, 0.717) is 11.3 Å². The van der Waals surface area contributed by atoms with E-state index in [2.05, 4.69) is 6.58 Å². The minimum atomic E-state index is -0.210. The number of hydrogen-bond acceptors (Lipinski definition) is 1. The van der Waals surface area contributed by atoms with Crippen LogP contribution in [0.1, 0.15) is 12.5 Å². The molecule has 0 radical (unpaired) electrons. The molecule has 1 rings (SSSR count). The molecule has 0 fully saturated rings. The minimum absolute atomic E-state index is 0.0511. The molecule has 0 saturated heterocycles. The Labute approximate surface area is 77.8 Å². The van der Waals surface area contributed by atoms with Crippen LogP contribution in [0.5, 0.6) is 5.75 Å². The third-order valence-corrected chi connectivity index (χ3v) is 1.78. The second-order valence-corrected chi connectivity index (χ2v) is 2.97. The Balaban J connectivity index is 2.79. The number of rotatable bonds is 3. The van der Waals surface area contributed by atoms with Gasteiger partial charge in [0.15, 0.2) is 0 Å². The van der Waals surface area contributed by atoms with Gasteiger partial charge in [0.25, 0.3) is 0 Å². The molecule has 0 aliphatic carbocycles. The lowest BCUT2D eigenvalue weighted by Crippen LogP contribution is -2.07. The van der Waals surface area contributed by atoms with Gasteiger partial charge in [-0.1, -0.05) is 12.7 Å². The Morgan fingerprint density at radius 3 is 2.77 bits per heavy atom. The van der Waals surface area contributed by atoms with E-state index in [9.17, 15) is 4.39 Å². The summed E-state index contributed by atoms with van der Waals surface area (Å²) in [6, 6.07) is 4.69. The largest absolute Gasteiger partial charge is 0.487 e. The predicted octanol–water partition coefficient (Wildman–Crippen LogP) is 3.09. The normalized spacial score (nSPS) is 12.2. The molecule has 2 heteroatoms. The first-order valence-corrected chi connectivity index (χ1v) is 4.19. The van der Waals surface area contributed by atoms with Gasteiger partial charge in [0.2, 0.25) is 0 Å². The van der Waals surface area contributed by atoms with Crippen molar-refractivity contribution in [2.24, 2.45) is 0 Å². The first-order chi connectivity index (χ1) is 6.13. The second kappa shape index (κ2) is 4.08. The van der Waals surface area contributed by atoms with E-state index in [-0.39, 0.29) is 11.9 Å². The average molecular weight is 180 g/mol. The van der Waals surface area contributed by atoms with Crippen LogP contribution in [0.25, 0.3) is 0 Å². The molecule has 0 aliphatic heterocycles. The van der Waals surface area contributed by atoms with Crippen LogP contribution < -0.4 is 4.74 Å². The Bertz CT molecular complexity index is 307. The molecule has 0 saturated carbocycles. The van der Waals surface area contributed by atoms with E-state index in [4.69, 9.17) is 4.74 Å². The van der Waals surface area contributed by atoms with Crippen molar-refractivity contribution in [1.82, 2.24) is 0 Å². The molecule has 1 aromatic rings. The van der Waals surface area contributed by atoms with E-state index >= 15 is 0 Å². The zero-order valence-corrected chi connectivity index (χ0v) is 7.88. The van der Waals surface area contributed by atoms with Gasteiger partial charge in [-0.25, -0.2) is 4.39 Å². The van der Waals surface area contributed by atoms with Gasteiger partial charge in [0, 0.05) is 0 Å². The van der Waals surface area contributed by atoms with Crippen molar-refractivity contribution >= 4 is 0 Å². The highest BCUT2D eigenvalue weighted by molar-refractivity contribution is 5.29. The van der Waals surface area contributed by atoms with Crippen molar-refractivity contribution < 1.29 is 9.13 Å². The maximum absolute atomic E-state index is 12.8. The van der Waals surface area contributed by atoms with Gasteiger partial charge >= 0.3 is 0 Å². The summed E-state index contributed by atoms with van der Waals surface area (Å²) in [5, 5.41) is 0. The van der Waals surface area contributed by atoms with Gasteiger partial charge in [0.05, 0.1) is 0 Å². The Morgan fingerprint density at radius 2 is 2.23 bits per heavy atom. The summed E-state index contributed by atoms with van der Waals surface area (Å²) in [4.78, 5) is 0. The summed E-state index contributed by atoms with van der Waals surface area (Å²) >= 11 is 0. The molecule has 0 aliphatic rings. The fourth-order valence-corrected chi connectivity index (χ4v) is 0.953. The van der Waals surface area contributed by atoms with E-state index in [1.165, 1.54) is 6.07 Å². The summed E-state index contributed by atoms with van der Waals surface area (Å²) in [5.41, 5.74) is 0.591. The lowest BCUT2D eigenvalue weighted by atomic mass is 10.2. The molecule has 70 valence electrons. The molecule has 1 nitrogen and oxygen atoms in total. The van der Waals surface area contributed by atoms with Crippen molar-refractivity contribution in [2.45, 2.75) is 20.0 Å². The minimum Gasteiger partial charge on any atom is -0.487 e. The fraction of sp³-hybridized carbons (Fsp3) is 0.273. The molecule has 13 heavy (non-hydrogen) atoms. The summed E-state index contributed by atoms with van der Waals surface area (Å²) in [7, 11) is 0. The maximum atomic E-state index is 12.8. The number of aryl methyl sites for hydroxylation is 1. The van der Waals surface area contributed by atoms with E-state index < -0.39 is 0 Å². The highest BCUT2D eigenvalue weighted by Gasteiger charge is 2.01. The van der Waals surface area contributed by atoms with Crippen LogP contribution >= 0.6 is 0 Å². The summed E-state index contributed by atoms with van der Waals surface area (Å²) in [6.07, 6.45) is 1.64. The van der Waals surface area contributed by atoms with Gasteiger partial charge in [-0.3, -0.25) is 0 Å². The molecule has 1 unspecified atom stereocenters. The molecule has 0 bridgehead atoms. The average Bonchev–Trinajstić information content (AvgIpc) is 2.11. The van der Waals surface area contributed by atoms with Crippen molar-refractivity contribution in [1.29, 1.82) is 0 Å². The smallest absolute Gasteiger partial charge is 0.126 e. The molecule has 0 spiro atoms. The van der Waals surface area contributed by atoms with Crippen LogP contribution in [0.3, 0.4) is 0 Å². The van der Waals surface area contributed by atoms with Gasteiger partial charge in [0.1, 0.15) is 17.7 Å². The van der Waals surface area contributed by atoms with Gasteiger partial charge in [-0.2, -0.15) is 0 Å². The Morgan fingerprint density at radius 1 is 1.54 bits per heavy atom. The standard InChI is InChI=1S/C11H13FO/c1-4-9(3)13-10-5-6-11(12)8(2)7-10/h4-7,9H,1H2,2-3H3. The molecule has 0 heterocycles. The Hall–Kier alpha value is -1.31. The molecule has 0 N–H and O–H groups in total. The lowest BCUT2D eigenvalue weighted by molar-refractivity contribution is 0.269. The highest BCUT2D eigenvalue weighted by atomic mass is 19.1. The monoisotopic (exact) mass is 180 g/mol. The van der Waals surface area contributed by atoms with Crippen molar-refractivity contribution in [3.8, 4) is 5.75 Å². The van der Waals surface area contributed by atoms with Gasteiger partial charge in [-0.15, -0.1) is 0 Å². The lowest BCUT2D eigenvalue weighted by Gasteiger charge is -2.10. The van der Waals surface area contributed by atoms with Crippen LogP contribution in [-0.4, -0.2) is 6.10 Å². The molecular weight excluding hydrogens is 167 g/mol. The maximum Gasteiger partial charge on any atom is 0.126 e. The van der Waals surface area contributed by atoms with Gasteiger partial charge < -0.3 is 4.74 Å². The van der Waals surface area contributed by atoms with Crippen molar-refractivity contribution in [2.75, 3.05) is 0 Å². The Kier molecular flexibility index (Phi) is 3.07. The number of halogens is 1. The van der Waals surface area contributed by atoms with Crippen molar-refractivity contribution in [3.05, 3.63) is 42.2 Å². The second-order valence-electron chi connectivity index (χ2n) is 2.97. The number of hydrogen-bond donors (Lipinski definition) is 0. The number of benzene rings is 1. The molecular formula is C11H13FO. The van der Waals surface area contributed by atoms with E-state index in [1.807, 2.05) is 6.92 Å². The first kappa shape index (κ1) is 9.78. The summed E-state index contributed by atoms with van der Waals surface area (Å²) in [6.45, 7) is 7.19. The van der Waals surface area contributed by atoms with Crippen LogP contribution in [0, 0.1) is 12.7 Å². The zero-order chi connectivity index (χ0) is 9.84. The summed E-state index contributed by atoms with van der Waals surface area (Å²) < 4.78 is 18.3. The summed E-state index contributed by atoms with van der Waals surface area (Å²) in [5.74, 6) is 0.463. The SMILES string of the molecule is C=CC(C)Oc1ccc(F)c(C)c1. The quantitative estimate of drug-likeness (QED) is 0.649. The zero-order valence-electron chi connectivity index (χ0n) is 7.88. The molecule has 1 atom stereocenters. The van der Waals surface area contributed by atoms with E-state index in [1.54, 1.807) is 25.1 Å². The molecule has 0 amide bonds. The third kappa shape index (κ3) is 2.58. The van der Waals surface area contributed by atoms with E-state index in [0.717, 1.165) is 0 Å². The van der Waals surface area contributed by atoms with Gasteiger partial charge in [-0.05, 0) is 37.6 Å². The number of ether oxygens (including phenoxy) is 1. The third-order valence-electron chi connectivity index (χ3n) is 1.78. The molecule has 0 aromatic heterocycles. The van der Waals surface area contributed by atoms with Crippen LogP contribution in [-0.2, 0) is 0 Å². The fourth-order valence-electron chi connectivity index (χ4n) is 0.953. The van der Waals surface area contributed by atoms with Crippen LogP contribution in [0.15, 0.2) is 30.9 Å². The highest BCUT2D eigenvalue weighted by Crippen LogP contribution is 2.17. The first-order valence-electron chi connectivity index (χ1n) is 4.19. The topological polar surface area (TPSA) is 9.23 Å². The predicted molar refractivity (Wildman–Crippen MR) is 51.4 cm³/mol.